The molecular weight excluding hydrogens is 396 g/mol. The highest BCUT2D eigenvalue weighted by atomic mass is 32.1. The molecule has 0 aliphatic rings. The predicted octanol–water partition coefficient (Wildman–Crippen LogP) is 3.56. The number of nitro groups is 1. The van der Waals surface area contributed by atoms with Gasteiger partial charge in [0.05, 0.1) is 24.3 Å². The summed E-state index contributed by atoms with van der Waals surface area (Å²) < 4.78 is 6.27. The van der Waals surface area contributed by atoms with E-state index < -0.39 is 10.9 Å². The number of thiophene rings is 1. The highest BCUT2D eigenvalue weighted by Crippen LogP contribution is 2.24. The third-order valence-electron chi connectivity index (χ3n) is 4.36. The van der Waals surface area contributed by atoms with E-state index in [2.05, 4.69) is 10.4 Å². The monoisotopic (exact) mass is 414 g/mol. The molecule has 10 heteroatoms. The fourth-order valence-electron chi connectivity index (χ4n) is 2.89. The molecule has 150 valence electrons. The zero-order valence-electron chi connectivity index (χ0n) is 16.0. The summed E-state index contributed by atoms with van der Waals surface area (Å²) in [6, 6.07) is 8.45. The number of rotatable bonds is 6. The number of aryl methyl sites for hydroxylation is 1. The topological polar surface area (TPSA) is 116 Å². The SMILES string of the molecule is COC(=O)c1sccc1NC(=O)c1ccc(Cn2nc(C)c([N+](=O)[O-])c2C)cc1. The van der Waals surface area contributed by atoms with Crippen molar-refractivity contribution in [2.75, 3.05) is 12.4 Å². The fourth-order valence-corrected chi connectivity index (χ4v) is 3.66. The third-order valence-corrected chi connectivity index (χ3v) is 5.25. The van der Waals surface area contributed by atoms with Gasteiger partial charge >= 0.3 is 11.7 Å². The molecule has 0 saturated carbocycles. The Morgan fingerprint density at radius 3 is 2.52 bits per heavy atom. The van der Waals surface area contributed by atoms with Crippen LogP contribution in [-0.2, 0) is 11.3 Å². The Hall–Kier alpha value is -3.53. The molecular formula is C19H18N4O5S. The Morgan fingerprint density at radius 2 is 1.93 bits per heavy atom. The first-order valence-electron chi connectivity index (χ1n) is 8.56. The van der Waals surface area contributed by atoms with Crippen LogP contribution in [0, 0.1) is 24.0 Å². The molecule has 3 rings (SSSR count). The molecule has 0 atom stereocenters. The highest BCUT2D eigenvalue weighted by Gasteiger charge is 2.22. The van der Waals surface area contributed by atoms with Gasteiger partial charge in [0.25, 0.3) is 5.91 Å². The van der Waals surface area contributed by atoms with Crippen molar-refractivity contribution in [1.82, 2.24) is 9.78 Å². The van der Waals surface area contributed by atoms with Crippen molar-refractivity contribution in [3.05, 3.63) is 73.2 Å². The number of carbonyl (C=O) groups excluding carboxylic acids is 2. The Balaban J connectivity index is 1.73. The van der Waals surface area contributed by atoms with Crippen molar-refractivity contribution >= 4 is 34.6 Å². The number of carbonyl (C=O) groups is 2. The van der Waals surface area contributed by atoms with Gasteiger partial charge in [0, 0.05) is 5.56 Å². The molecule has 0 fully saturated rings. The van der Waals surface area contributed by atoms with Gasteiger partial charge in [-0.25, -0.2) is 4.79 Å². The van der Waals surface area contributed by atoms with Gasteiger partial charge < -0.3 is 10.1 Å². The molecule has 0 aliphatic heterocycles. The second-order valence-corrected chi connectivity index (χ2v) is 7.16. The maximum Gasteiger partial charge on any atom is 0.350 e. The Bertz CT molecular complexity index is 1080. The molecule has 2 aromatic heterocycles. The number of amides is 1. The van der Waals surface area contributed by atoms with E-state index in [1.165, 1.54) is 18.4 Å². The van der Waals surface area contributed by atoms with Crippen molar-refractivity contribution in [3.8, 4) is 0 Å². The molecule has 0 unspecified atom stereocenters. The van der Waals surface area contributed by atoms with Crippen molar-refractivity contribution in [2.45, 2.75) is 20.4 Å². The summed E-state index contributed by atoms with van der Waals surface area (Å²) in [5.74, 6) is -0.869. The first-order valence-corrected chi connectivity index (χ1v) is 9.44. The average Bonchev–Trinajstić information content (AvgIpc) is 3.25. The van der Waals surface area contributed by atoms with Crippen LogP contribution in [0.3, 0.4) is 0 Å². The van der Waals surface area contributed by atoms with Gasteiger partial charge in [-0.05, 0) is 43.0 Å². The summed E-state index contributed by atoms with van der Waals surface area (Å²) in [5.41, 5.74) is 2.50. The van der Waals surface area contributed by atoms with E-state index in [4.69, 9.17) is 4.74 Å². The van der Waals surface area contributed by atoms with E-state index in [1.807, 2.05) is 0 Å². The minimum atomic E-state index is -0.510. The van der Waals surface area contributed by atoms with Gasteiger partial charge in [-0.15, -0.1) is 11.3 Å². The number of hydrogen-bond acceptors (Lipinski definition) is 7. The lowest BCUT2D eigenvalue weighted by molar-refractivity contribution is -0.386. The second kappa shape index (κ2) is 8.23. The maximum atomic E-state index is 12.5. The number of nitrogens with one attached hydrogen (secondary N) is 1. The van der Waals surface area contributed by atoms with Crippen LogP contribution in [0.4, 0.5) is 11.4 Å². The van der Waals surface area contributed by atoms with E-state index in [1.54, 1.807) is 54.2 Å². The third kappa shape index (κ3) is 4.16. The fraction of sp³-hybridized carbons (Fsp3) is 0.211. The van der Waals surface area contributed by atoms with Gasteiger partial charge in [0.2, 0.25) is 0 Å². The van der Waals surface area contributed by atoms with Crippen LogP contribution in [0.1, 0.15) is 37.0 Å². The predicted molar refractivity (Wildman–Crippen MR) is 108 cm³/mol. The maximum absolute atomic E-state index is 12.5. The zero-order valence-corrected chi connectivity index (χ0v) is 16.8. The normalized spacial score (nSPS) is 10.6. The summed E-state index contributed by atoms with van der Waals surface area (Å²) >= 11 is 1.18. The van der Waals surface area contributed by atoms with E-state index in [9.17, 15) is 19.7 Å². The second-order valence-electron chi connectivity index (χ2n) is 6.24. The van der Waals surface area contributed by atoms with Crippen LogP contribution in [0.2, 0.25) is 0 Å². The minimum absolute atomic E-state index is 0.0122. The zero-order chi connectivity index (χ0) is 21.1. The van der Waals surface area contributed by atoms with Crippen LogP contribution >= 0.6 is 11.3 Å². The van der Waals surface area contributed by atoms with E-state index in [0.29, 0.717) is 34.1 Å². The van der Waals surface area contributed by atoms with Crippen LogP contribution in [0.15, 0.2) is 35.7 Å². The summed E-state index contributed by atoms with van der Waals surface area (Å²) in [5, 5.41) is 19.7. The molecule has 0 saturated heterocycles. The molecule has 1 N–H and O–H groups in total. The van der Waals surface area contributed by atoms with Gasteiger partial charge in [-0.1, -0.05) is 12.1 Å². The minimum Gasteiger partial charge on any atom is -0.465 e. The van der Waals surface area contributed by atoms with E-state index in [-0.39, 0.29) is 11.6 Å². The first kappa shape index (κ1) is 20.2. The summed E-state index contributed by atoms with van der Waals surface area (Å²) in [6.07, 6.45) is 0. The van der Waals surface area contributed by atoms with Crippen molar-refractivity contribution < 1.29 is 19.2 Å². The molecule has 1 aromatic carbocycles. The van der Waals surface area contributed by atoms with Crippen LogP contribution in [0.25, 0.3) is 0 Å². The lowest BCUT2D eigenvalue weighted by atomic mass is 10.1. The molecule has 0 bridgehead atoms. The standard InChI is InChI=1S/C19H18N4O5S/c1-11-16(23(26)27)12(2)22(21-11)10-13-4-6-14(7-5-13)18(24)20-15-8-9-29-17(15)19(25)28-3/h4-9H,10H2,1-3H3,(H,20,24). The lowest BCUT2D eigenvalue weighted by Crippen LogP contribution is -2.14. The average molecular weight is 414 g/mol. The van der Waals surface area contributed by atoms with E-state index >= 15 is 0 Å². The van der Waals surface area contributed by atoms with Crippen LogP contribution < -0.4 is 5.32 Å². The summed E-state index contributed by atoms with van der Waals surface area (Å²) in [6.45, 7) is 3.60. The van der Waals surface area contributed by atoms with Gasteiger partial charge in [0.1, 0.15) is 16.3 Å². The molecule has 29 heavy (non-hydrogen) atoms. The largest absolute Gasteiger partial charge is 0.465 e. The van der Waals surface area contributed by atoms with Crippen molar-refractivity contribution in [1.29, 1.82) is 0 Å². The van der Waals surface area contributed by atoms with Crippen LogP contribution in [0.5, 0.6) is 0 Å². The Kier molecular flexibility index (Phi) is 5.74. The van der Waals surface area contributed by atoms with Gasteiger partial charge in [0.15, 0.2) is 0 Å². The Labute approximate surface area is 170 Å². The number of methoxy groups -OCH3 is 1. The Morgan fingerprint density at radius 1 is 1.24 bits per heavy atom. The quantitative estimate of drug-likeness (QED) is 0.374. The van der Waals surface area contributed by atoms with Gasteiger partial charge in [-0.2, -0.15) is 5.10 Å². The molecule has 0 radical (unpaired) electrons. The van der Waals surface area contributed by atoms with Crippen molar-refractivity contribution in [2.24, 2.45) is 0 Å². The number of aromatic nitrogens is 2. The number of benzene rings is 1. The summed E-state index contributed by atoms with van der Waals surface area (Å²) in [7, 11) is 1.28. The highest BCUT2D eigenvalue weighted by molar-refractivity contribution is 7.12. The molecule has 3 aromatic rings. The number of nitrogens with zero attached hydrogens (tertiary/aromatic N) is 3. The number of hydrogen-bond donors (Lipinski definition) is 1. The van der Waals surface area contributed by atoms with Crippen molar-refractivity contribution in [3.63, 3.8) is 0 Å². The molecule has 1 amide bonds. The summed E-state index contributed by atoms with van der Waals surface area (Å²) in [4.78, 5) is 35.2. The molecule has 0 aliphatic carbocycles. The number of esters is 1. The number of ether oxygens (including phenoxy) is 1. The smallest absolute Gasteiger partial charge is 0.350 e. The first-order chi connectivity index (χ1) is 13.8. The van der Waals surface area contributed by atoms with Crippen LogP contribution in [-0.4, -0.2) is 33.7 Å². The van der Waals surface area contributed by atoms with E-state index in [0.717, 1.165) is 5.56 Å². The molecule has 2 heterocycles. The van der Waals surface area contributed by atoms with Gasteiger partial charge in [-0.3, -0.25) is 19.6 Å². The lowest BCUT2D eigenvalue weighted by Gasteiger charge is -2.07. The number of anilines is 1. The molecule has 0 spiro atoms. The molecule has 9 nitrogen and oxygen atoms in total.